The van der Waals surface area contributed by atoms with E-state index in [1.165, 1.54) is 11.9 Å². The zero-order valence-corrected chi connectivity index (χ0v) is 14.9. The molecule has 0 fully saturated rings. The topological polar surface area (TPSA) is 69.9 Å². The van der Waals surface area contributed by atoms with Gasteiger partial charge in [0.15, 0.2) is 5.82 Å². The molecule has 1 aromatic carbocycles. The summed E-state index contributed by atoms with van der Waals surface area (Å²) in [7, 11) is 0. The van der Waals surface area contributed by atoms with E-state index < -0.39 is 0 Å². The van der Waals surface area contributed by atoms with Gasteiger partial charge in [0, 0.05) is 18.0 Å². The molecule has 128 valence electrons. The highest BCUT2D eigenvalue weighted by Crippen LogP contribution is 2.22. The number of benzene rings is 1. The third-order valence-electron chi connectivity index (χ3n) is 3.49. The Hall–Kier alpha value is -2.67. The molecule has 25 heavy (non-hydrogen) atoms. The third-order valence-corrected chi connectivity index (χ3v) is 4.48. The third kappa shape index (κ3) is 4.24. The molecular formula is C18H18N4O2S. The first-order chi connectivity index (χ1) is 12.2. The summed E-state index contributed by atoms with van der Waals surface area (Å²) in [5.74, 6) is 1.06. The Morgan fingerprint density at radius 1 is 1.24 bits per heavy atom. The smallest absolute Gasteiger partial charge is 0.341 e. The van der Waals surface area contributed by atoms with Crippen LogP contribution in [-0.2, 0) is 10.5 Å². The average molecular weight is 354 g/mol. The number of aryl methyl sites for hydroxylation is 1. The number of esters is 1. The van der Waals surface area contributed by atoms with Crippen LogP contribution in [0, 0.1) is 6.92 Å². The molecule has 0 aliphatic heterocycles. The van der Waals surface area contributed by atoms with Crippen molar-refractivity contribution in [3.8, 4) is 5.82 Å². The van der Waals surface area contributed by atoms with Crippen molar-refractivity contribution in [1.82, 2.24) is 19.7 Å². The molecule has 3 aromatic rings. The number of carbonyl (C=O) groups is 1. The Kier molecular flexibility index (Phi) is 5.45. The number of thioether (sulfide) groups is 1. The van der Waals surface area contributed by atoms with Crippen LogP contribution < -0.4 is 0 Å². The quantitative estimate of drug-likeness (QED) is 0.384. The SMILES string of the molecule is CCOC(=O)c1cn(-c2cc(SCc3ccccc3)ncn2)nc1C. The Morgan fingerprint density at radius 2 is 2.04 bits per heavy atom. The Labute approximate surface area is 150 Å². The maximum Gasteiger partial charge on any atom is 0.341 e. The van der Waals surface area contributed by atoms with Crippen molar-refractivity contribution < 1.29 is 9.53 Å². The van der Waals surface area contributed by atoms with E-state index in [0.29, 0.717) is 23.7 Å². The maximum atomic E-state index is 11.9. The highest BCUT2D eigenvalue weighted by molar-refractivity contribution is 7.98. The molecule has 0 bridgehead atoms. The zero-order chi connectivity index (χ0) is 17.6. The number of aromatic nitrogens is 4. The normalized spacial score (nSPS) is 10.6. The van der Waals surface area contributed by atoms with Crippen molar-refractivity contribution in [2.24, 2.45) is 0 Å². The molecule has 0 saturated heterocycles. The lowest BCUT2D eigenvalue weighted by atomic mass is 10.2. The molecule has 3 rings (SSSR count). The molecule has 0 unspecified atom stereocenters. The molecule has 0 amide bonds. The van der Waals surface area contributed by atoms with Gasteiger partial charge in [-0.05, 0) is 19.4 Å². The summed E-state index contributed by atoms with van der Waals surface area (Å²) in [6.07, 6.45) is 3.14. The predicted octanol–water partition coefficient (Wildman–Crippen LogP) is 3.44. The lowest BCUT2D eigenvalue weighted by Crippen LogP contribution is -2.04. The van der Waals surface area contributed by atoms with Crippen LogP contribution in [0.25, 0.3) is 5.82 Å². The van der Waals surface area contributed by atoms with Crippen LogP contribution in [0.1, 0.15) is 28.5 Å². The number of ether oxygens (including phenoxy) is 1. The van der Waals surface area contributed by atoms with Gasteiger partial charge in [0.2, 0.25) is 0 Å². The van der Waals surface area contributed by atoms with Crippen molar-refractivity contribution in [3.63, 3.8) is 0 Å². The van der Waals surface area contributed by atoms with Gasteiger partial charge in [0.25, 0.3) is 0 Å². The molecule has 0 radical (unpaired) electrons. The first-order valence-electron chi connectivity index (χ1n) is 7.90. The summed E-state index contributed by atoms with van der Waals surface area (Å²) in [6, 6.07) is 12.1. The molecule has 0 saturated carbocycles. The fourth-order valence-electron chi connectivity index (χ4n) is 2.25. The molecule has 2 heterocycles. The molecule has 0 atom stereocenters. The summed E-state index contributed by atoms with van der Waals surface area (Å²) >= 11 is 1.62. The number of nitrogens with zero attached hydrogens (tertiary/aromatic N) is 4. The highest BCUT2D eigenvalue weighted by atomic mass is 32.2. The lowest BCUT2D eigenvalue weighted by Gasteiger charge is -2.04. The molecule has 7 heteroatoms. The first-order valence-corrected chi connectivity index (χ1v) is 8.88. The van der Waals surface area contributed by atoms with Crippen LogP contribution in [0.5, 0.6) is 0 Å². The van der Waals surface area contributed by atoms with E-state index >= 15 is 0 Å². The Morgan fingerprint density at radius 3 is 2.80 bits per heavy atom. The van der Waals surface area contributed by atoms with Gasteiger partial charge in [-0.2, -0.15) is 5.10 Å². The molecule has 0 aliphatic carbocycles. The summed E-state index contributed by atoms with van der Waals surface area (Å²) in [5, 5.41) is 5.21. The zero-order valence-electron chi connectivity index (χ0n) is 14.0. The Bertz CT molecular complexity index is 865. The van der Waals surface area contributed by atoms with Gasteiger partial charge >= 0.3 is 5.97 Å². The van der Waals surface area contributed by atoms with E-state index in [9.17, 15) is 4.79 Å². The second kappa shape index (κ2) is 7.94. The minimum atomic E-state index is -0.376. The first kappa shape index (κ1) is 17.2. The van der Waals surface area contributed by atoms with Crippen molar-refractivity contribution >= 4 is 17.7 Å². The standard InChI is InChI=1S/C18H18N4O2S/c1-3-24-18(23)15-10-22(21-13(15)2)16-9-17(20-12-19-16)25-11-14-7-5-4-6-8-14/h4-10,12H,3,11H2,1-2H3. The lowest BCUT2D eigenvalue weighted by molar-refractivity contribution is 0.0525. The molecule has 0 N–H and O–H groups in total. The van der Waals surface area contributed by atoms with Gasteiger partial charge in [-0.1, -0.05) is 30.3 Å². The van der Waals surface area contributed by atoms with E-state index in [1.807, 2.05) is 24.3 Å². The summed E-state index contributed by atoms with van der Waals surface area (Å²) in [6.45, 7) is 3.88. The number of carbonyl (C=O) groups excluding carboxylic acids is 1. The number of hydrogen-bond donors (Lipinski definition) is 0. The summed E-state index contributed by atoms with van der Waals surface area (Å²) < 4.78 is 6.62. The van der Waals surface area contributed by atoms with Crippen LogP contribution in [0.3, 0.4) is 0 Å². The number of hydrogen-bond acceptors (Lipinski definition) is 6. The average Bonchev–Trinajstić information content (AvgIpc) is 3.03. The fraction of sp³-hybridized carbons (Fsp3) is 0.222. The second-order valence-corrected chi connectivity index (χ2v) is 6.28. The van der Waals surface area contributed by atoms with Gasteiger partial charge in [-0.25, -0.2) is 19.4 Å². The number of rotatable bonds is 6. The van der Waals surface area contributed by atoms with Gasteiger partial charge in [-0.15, -0.1) is 11.8 Å². The van der Waals surface area contributed by atoms with E-state index in [4.69, 9.17) is 4.74 Å². The molecule has 2 aromatic heterocycles. The fourth-order valence-corrected chi connectivity index (χ4v) is 3.07. The summed E-state index contributed by atoms with van der Waals surface area (Å²) in [5.41, 5.74) is 2.28. The molecule has 6 nitrogen and oxygen atoms in total. The van der Waals surface area contributed by atoms with Crippen molar-refractivity contribution in [3.05, 3.63) is 65.7 Å². The molecule has 0 spiro atoms. The highest BCUT2D eigenvalue weighted by Gasteiger charge is 2.15. The molecule has 0 aliphatic rings. The minimum Gasteiger partial charge on any atom is -0.462 e. The van der Waals surface area contributed by atoms with Crippen molar-refractivity contribution in [1.29, 1.82) is 0 Å². The van der Waals surface area contributed by atoms with E-state index in [1.54, 1.807) is 36.5 Å². The van der Waals surface area contributed by atoms with Crippen molar-refractivity contribution in [2.75, 3.05) is 6.61 Å². The molecular weight excluding hydrogens is 336 g/mol. The van der Waals surface area contributed by atoms with Crippen LogP contribution in [0.4, 0.5) is 0 Å². The van der Waals surface area contributed by atoms with Crippen LogP contribution in [0.15, 0.2) is 53.9 Å². The summed E-state index contributed by atoms with van der Waals surface area (Å²) in [4.78, 5) is 20.5. The van der Waals surface area contributed by atoms with Crippen LogP contribution in [0.2, 0.25) is 0 Å². The van der Waals surface area contributed by atoms with Gasteiger partial charge in [0.05, 0.1) is 12.3 Å². The van der Waals surface area contributed by atoms with Crippen molar-refractivity contribution in [2.45, 2.75) is 24.6 Å². The maximum absolute atomic E-state index is 11.9. The van der Waals surface area contributed by atoms with Crippen LogP contribution >= 0.6 is 11.8 Å². The largest absolute Gasteiger partial charge is 0.462 e. The minimum absolute atomic E-state index is 0.331. The monoisotopic (exact) mass is 354 g/mol. The van der Waals surface area contributed by atoms with Gasteiger partial charge < -0.3 is 4.74 Å². The van der Waals surface area contributed by atoms with E-state index in [2.05, 4.69) is 27.2 Å². The Balaban J connectivity index is 1.77. The van der Waals surface area contributed by atoms with Crippen LogP contribution in [-0.4, -0.2) is 32.3 Å². The van der Waals surface area contributed by atoms with E-state index in [0.717, 1.165) is 10.8 Å². The van der Waals surface area contributed by atoms with E-state index in [-0.39, 0.29) is 5.97 Å². The van der Waals surface area contributed by atoms with Gasteiger partial charge in [0.1, 0.15) is 16.9 Å². The predicted molar refractivity (Wildman–Crippen MR) is 95.9 cm³/mol. The van der Waals surface area contributed by atoms with Gasteiger partial charge in [-0.3, -0.25) is 0 Å². The second-order valence-electron chi connectivity index (χ2n) is 5.28.